The fraction of sp³-hybridized carbons (Fsp3) is 0.429. The topological polar surface area (TPSA) is 84.9 Å². The van der Waals surface area contributed by atoms with E-state index in [1.165, 1.54) is 49.8 Å². The molecule has 1 aromatic rings. The molecule has 0 spiro atoms. The van der Waals surface area contributed by atoms with Crippen molar-refractivity contribution in [3.8, 4) is 0 Å². The van der Waals surface area contributed by atoms with Crippen LogP contribution in [0, 0.1) is 5.92 Å². The first kappa shape index (κ1) is 30.2. The summed E-state index contributed by atoms with van der Waals surface area (Å²) >= 11 is 0. The molecule has 1 fully saturated rings. The maximum atomic E-state index is 13.1. The molecule has 0 aromatic heterocycles. The predicted octanol–water partition coefficient (Wildman–Crippen LogP) is 5.10. The van der Waals surface area contributed by atoms with Gasteiger partial charge in [0, 0.05) is 24.7 Å². The number of rotatable bonds is 10. The number of fused-ring (bicyclic) bond motifs is 1. The summed E-state index contributed by atoms with van der Waals surface area (Å²) in [5.41, 5.74) is 2.37. The Morgan fingerprint density at radius 3 is 2.57 bits per heavy atom. The zero-order valence-electron chi connectivity index (χ0n) is 21.2. The van der Waals surface area contributed by atoms with Gasteiger partial charge in [-0.15, -0.1) is 0 Å². The molecule has 35 heavy (non-hydrogen) atoms. The van der Waals surface area contributed by atoms with Crippen molar-refractivity contribution in [3.05, 3.63) is 83.4 Å². The number of aldehydes is 1. The van der Waals surface area contributed by atoms with Crippen LogP contribution >= 0.6 is 0 Å². The minimum Gasteiger partial charge on any atom is -0.482 e. The quantitative estimate of drug-likeness (QED) is 0.157. The van der Waals surface area contributed by atoms with Crippen LogP contribution in [0.3, 0.4) is 0 Å². The number of Topliss-reactive ketones (excluding diaryl/α,β-unsaturated/α-hetero) is 1. The molecular weight excluding hydrogens is 449 g/mol. The summed E-state index contributed by atoms with van der Waals surface area (Å²) in [5.74, 6) is -0.545. The molecule has 0 heterocycles. The minimum atomic E-state index is -0.788. The van der Waals surface area contributed by atoms with Crippen LogP contribution in [0.25, 0.3) is 0 Å². The van der Waals surface area contributed by atoms with Crippen molar-refractivity contribution >= 4 is 12.1 Å². The molecule has 2 N–H and O–H groups in total. The molecule has 1 aromatic carbocycles. The number of aliphatic hydroxyl groups is 1. The van der Waals surface area contributed by atoms with Crippen molar-refractivity contribution in [1.82, 2.24) is 5.32 Å². The summed E-state index contributed by atoms with van der Waals surface area (Å²) in [4.78, 5) is 23.0. The molecule has 2 atom stereocenters. The number of halogens is 1. The van der Waals surface area contributed by atoms with E-state index in [0.717, 1.165) is 18.8 Å². The number of hydrogen-bond acceptors (Lipinski definition) is 6. The molecule has 0 saturated heterocycles. The fourth-order valence-electron chi connectivity index (χ4n) is 3.64. The van der Waals surface area contributed by atoms with Gasteiger partial charge in [-0.2, -0.15) is 0 Å². The van der Waals surface area contributed by atoms with Crippen molar-refractivity contribution in [2.24, 2.45) is 5.92 Å². The first-order valence-electron chi connectivity index (χ1n) is 11.6. The minimum absolute atomic E-state index is 0.148. The van der Waals surface area contributed by atoms with E-state index in [-0.39, 0.29) is 30.4 Å². The van der Waals surface area contributed by atoms with E-state index in [0.29, 0.717) is 23.0 Å². The summed E-state index contributed by atoms with van der Waals surface area (Å²) in [6.45, 7) is 8.59. The summed E-state index contributed by atoms with van der Waals surface area (Å²) in [7, 11) is 5.24. The van der Waals surface area contributed by atoms with Crippen molar-refractivity contribution < 1.29 is 28.6 Å². The van der Waals surface area contributed by atoms with Crippen LogP contribution < -0.4 is 5.32 Å². The lowest BCUT2D eigenvalue weighted by Gasteiger charge is -2.19. The molecule has 2 aliphatic rings. The van der Waals surface area contributed by atoms with E-state index < -0.39 is 5.83 Å². The Hall–Kier alpha value is -2.87. The number of methoxy groups -OCH3 is 1. The lowest BCUT2D eigenvalue weighted by molar-refractivity contribution is 0.0861. The predicted molar refractivity (Wildman–Crippen MR) is 137 cm³/mol. The van der Waals surface area contributed by atoms with Gasteiger partial charge in [0.05, 0.1) is 12.2 Å². The third kappa shape index (κ3) is 9.72. The molecule has 3 rings (SSSR count). The summed E-state index contributed by atoms with van der Waals surface area (Å²) < 4.78 is 23.1. The number of allylic oxidation sites excluding steroid dienone is 4. The number of ether oxygens (including phenoxy) is 2. The summed E-state index contributed by atoms with van der Waals surface area (Å²) in [6, 6.07) is 4.60. The highest BCUT2D eigenvalue weighted by molar-refractivity contribution is 5.98. The van der Waals surface area contributed by atoms with E-state index in [9.17, 15) is 19.1 Å². The molecule has 0 amide bonds. The summed E-state index contributed by atoms with van der Waals surface area (Å²) in [5, 5.41) is 12.4. The Balaban J connectivity index is 0.000000384. The van der Waals surface area contributed by atoms with Crippen molar-refractivity contribution in [2.45, 2.75) is 44.8 Å². The normalized spacial score (nSPS) is 20.0. The second kappa shape index (κ2) is 15.2. The van der Waals surface area contributed by atoms with Gasteiger partial charge in [0.15, 0.2) is 24.0 Å². The number of nitrogens with one attached hydrogen (secondary N) is 1. The second-order valence-corrected chi connectivity index (χ2v) is 8.50. The van der Waals surface area contributed by atoms with Crippen LogP contribution in [0.15, 0.2) is 66.7 Å². The van der Waals surface area contributed by atoms with Crippen molar-refractivity contribution in [2.75, 3.05) is 27.8 Å². The Bertz CT molecular complexity index is 953. The van der Waals surface area contributed by atoms with Gasteiger partial charge in [-0.05, 0) is 56.1 Å². The Kier molecular flexibility index (Phi) is 13.1. The lowest BCUT2D eigenvalue weighted by atomic mass is 9.90. The average molecular weight is 488 g/mol. The third-order valence-corrected chi connectivity index (χ3v) is 5.64. The highest BCUT2D eigenvalue weighted by Gasteiger charge is 2.49. The first-order chi connectivity index (χ1) is 16.7. The molecule has 192 valence electrons. The van der Waals surface area contributed by atoms with Gasteiger partial charge in [-0.25, -0.2) is 4.39 Å². The van der Waals surface area contributed by atoms with Gasteiger partial charge in [0.1, 0.15) is 6.29 Å². The zero-order valence-corrected chi connectivity index (χ0v) is 21.2. The molecular formula is C28H38FNO5. The first-order valence-corrected chi connectivity index (χ1v) is 11.6. The standard InChI is InChI=1S/C17H17FO4.C9H14O.C2H7N/c1-4-5-17(12(2)18)22-11-16(20)13-6-7-14(9-19)15(8-13)10-21-3;1-2-7-3-4-8-6-9(8,10)5-7;1-3-2/h4-9H,1-2,10-11H2,3H3;4,7,10H,2-3,5-6H2,1H3;3H,1-2H3/b17-5+;;. The van der Waals surface area contributed by atoms with Gasteiger partial charge >= 0.3 is 0 Å². The number of hydrogen-bond donors (Lipinski definition) is 2. The van der Waals surface area contributed by atoms with Gasteiger partial charge in [0.2, 0.25) is 0 Å². The van der Waals surface area contributed by atoms with E-state index >= 15 is 0 Å². The number of ketones is 1. The maximum absolute atomic E-state index is 13.1. The van der Waals surface area contributed by atoms with Crippen LogP contribution in [0.4, 0.5) is 4.39 Å². The lowest BCUT2D eigenvalue weighted by Crippen LogP contribution is -2.17. The third-order valence-electron chi connectivity index (χ3n) is 5.64. The highest BCUT2D eigenvalue weighted by Crippen LogP contribution is 2.51. The SMILES string of the molecule is C=C/C=C(/OCC(=O)c1ccc(C=O)c(COC)c1)C(=C)F.CCC1CC=C2CC2(O)C1.CNC. The number of benzene rings is 1. The second-order valence-electron chi connectivity index (χ2n) is 8.50. The van der Waals surface area contributed by atoms with Crippen LogP contribution in [-0.2, 0) is 16.1 Å². The molecule has 6 nitrogen and oxygen atoms in total. The van der Waals surface area contributed by atoms with Gasteiger partial charge < -0.3 is 19.9 Å². The van der Waals surface area contributed by atoms with Crippen LogP contribution in [0.1, 0.15) is 58.9 Å². The van der Waals surface area contributed by atoms with Gasteiger partial charge in [-0.1, -0.05) is 50.8 Å². The fourth-order valence-corrected chi connectivity index (χ4v) is 3.64. The van der Waals surface area contributed by atoms with Crippen LogP contribution in [-0.4, -0.2) is 50.6 Å². The summed E-state index contributed by atoms with van der Waals surface area (Å²) in [6.07, 6.45) is 9.94. The van der Waals surface area contributed by atoms with Crippen LogP contribution in [0.2, 0.25) is 0 Å². The van der Waals surface area contributed by atoms with Crippen LogP contribution in [0.5, 0.6) is 0 Å². The molecule has 2 unspecified atom stereocenters. The smallest absolute Gasteiger partial charge is 0.200 e. The Labute approximate surface area is 208 Å². The monoisotopic (exact) mass is 487 g/mol. The molecule has 7 heteroatoms. The molecule has 1 saturated carbocycles. The zero-order chi connectivity index (χ0) is 26.4. The molecule has 2 aliphatic carbocycles. The number of carbonyl (C=O) groups is 2. The Morgan fingerprint density at radius 2 is 2.06 bits per heavy atom. The van der Waals surface area contributed by atoms with E-state index in [4.69, 9.17) is 9.47 Å². The largest absolute Gasteiger partial charge is 0.482 e. The maximum Gasteiger partial charge on any atom is 0.200 e. The van der Waals surface area contributed by atoms with Gasteiger partial charge in [-0.3, -0.25) is 9.59 Å². The van der Waals surface area contributed by atoms with E-state index in [2.05, 4.69) is 31.5 Å². The van der Waals surface area contributed by atoms with E-state index in [1.807, 2.05) is 14.1 Å². The van der Waals surface area contributed by atoms with Crippen molar-refractivity contribution in [1.29, 1.82) is 0 Å². The Morgan fingerprint density at radius 1 is 1.37 bits per heavy atom. The molecule has 0 bridgehead atoms. The molecule has 0 radical (unpaired) electrons. The number of carbonyl (C=O) groups excluding carboxylic acids is 2. The van der Waals surface area contributed by atoms with Gasteiger partial charge in [0.25, 0.3) is 0 Å². The average Bonchev–Trinajstić information content (AvgIpc) is 3.52. The van der Waals surface area contributed by atoms with E-state index in [1.54, 1.807) is 6.07 Å². The van der Waals surface area contributed by atoms with Crippen molar-refractivity contribution in [3.63, 3.8) is 0 Å². The highest BCUT2D eigenvalue weighted by atomic mass is 19.1. The molecule has 0 aliphatic heterocycles.